The highest BCUT2D eigenvalue weighted by atomic mass is 32.2. The second-order valence-electron chi connectivity index (χ2n) is 6.71. The van der Waals surface area contributed by atoms with Crippen molar-refractivity contribution < 1.29 is 13.0 Å². The van der Waals surface area contributed by atoms with E-state index >= 15 is 0 Å². The summed E-state index contributed by atoms with van der Waals surface area (Å²) in [6.07, 6.45) is 5.39. The van der Waals surface area contributed by atoms with Crippen LogP contribution < -0.4 is 5.73 Å². The molecular formula is C23H18N4O3S. The molecule has 0 aliphatic heterocycles. The third kappa shape index (κ3) is 4.66. The van der Waals surface area contributed by atoms with Crippen LogP contribution in [0.5, 0.6) is 0 Å². The van der Waals surface area contributed by atoms with Gasteiger partial charge in [0.2, 0.25) is 0 Å². The number of pyridine rings is 1. The number of benzene rings is 3. The van der Waals surface area contributed by atoms with Crippen LogP contribution >= 0.6 is 0 Å². The second kappa shape index (κ2) is 8.47. The van der Waals surface area contributed by atoms with Gasteiger partial charge in [-0.3, -0.25) is 9.54 Å². The highest BCUT2D eigenvalue weighted by Crippen LogP contribution is 2.36. The molecule has 4 rings (SSSR count). The fraction of sp³-hybridized carbons (Fsp3) is 0. The Hall–Kier alpha value is -3.88. The Kier molecular flexibility index (Phi) is 5.57. The zero-order valence-corrected chi connectivity index (χ0v) is 17.1. The van der Waals surface area contributed by atoms with Gasteiger partial charge in [0.05, 0.1) is 17.6 Å². The van der Waals surface area contributed by atoms with Crippen LogP contribution in [0.25, 0.3) is 22.9 Å². The van der Waals surface area contributed by atoms with E-state index in [2.05, 4.69) is 15.2 Å². The Balaban J connectivity index is 1.63. The topological polar surface area (TPSA) is 118 Å². The Bertz CT molecular complexity index is 1400. The van der Waals surface area contributed by atoms with Crippen molar-refractivity contribution in [1.29, 1.82) is 0 Å². The van der Waals surface area contributed by atoms with Crippen LogP contribution in [-0.4, -0.2) is 18.0 Å². The molecule has 0 atom stereocenters. The normalized spacial score (nSPS) is 12.2. The van der Waals surface area contributed by atoms with Gasteiger partial charge >= 0.3 is 0 Å². The first kappa shape index (κ1) is 20.4. The number of nitrogen functional groups attached to an aromatic ring is 1. The maximum absolute atomic E-state index is 11.8. The summed E-state index contributed by atoms with van der Waals surface area (Å²) in [5.41, 5.74) is 8.85. The van der Waals surface area contributed by atoms with Gasteiger partial charge in [0.1, 0.15) is 16.3 Å². The summed E-state index contributed by atoms with van der Waals surface area (Å²) in [5.74, 6) is 0. The van der Waals surface area contributed by atoms with Crippen LogP contribution in [0.3, 0.4) is 0 Å². The predicted molar refractivity (Wildman–Crippen MR) is 122 cm³/mol. The highest BCUT2D eigenvalue weighted by Gasteiger charge is 2.18. The fourth-order valence-corrected chi connectivity index (χ4v) is 3.78. The Morgan fingerprint density at radius 1 is 0.871 bits per heavy atom. The molecule has 1 aromatic heterocycles. The van der Waals surface area contributed by atoms with E-state index in [0.717, 1.165) is 11.3 Å². The molecule has 3 aromatic carbocycles. The summed E-state index contributed by atoms with van der Waals surface area (Å²) < 4.78 is 33.2. The first-order chi connectivity index (χ1) is 14.9. The van der Waals surface area contributed by atoms with E-state index in [1.165, 1.54) is 6.07 Å². The van der Waals surface area contributed by atoms with Crippen molar-refractivity contribution in [3.63, 3.8) is 0 Å². The smallest absolute Gasteiger partial charge is 0.295 e. The molecule has 0 radical (unpaired) electrons. The molecule has 0 saturated carbocycles. The van der Waals surface area contributed by atoms with Crippen LogP contribution in [0.1, 0.15) is 11.3 Å². The van der Waals surface area contributed by atoms with Crippen LogP contribution in [-0.2, 0) is 10.1 Å². The van der Waals surface area contributed by atoms with Crippen molar-refractivity contribution in [1.82, 2.24) is 4.98 Å². The molecule has 4 aromatic rings. The van der Waals surface area contributed by atoms with Crippen molar-refractivity contribution >= 4 is 50.1 Å². The maximum atomic E-state index is 11.8. The summed E-state index contributed by atoms with van der Waals surface area (Å²) >= 11 is 0. The van der Waals surface area contributed by atoms with E-state index in [1.807, 2.05) is 42.5 Å². The molecule has 0 spiro atoms. The molecule has 0 amide bonds. The van der Waals surface area contributed by atoms with Crippen LogP contribution in [0.15, 0.2) is 94.1 Å². The minimum absolute atomic E-state index is 0.138. The van der Waals surface area contributed by atoms with Gasteiger partial charge in [-0.2, -0.15) is 8.42 Å². The standard InChI is InChI=1S/C23H18N4O3S/c24-23-20-9-5-4-8-19(20)22(31(28,29)30)14-21(23)27-26-18-13-12-17(25-15-18)11-10-16-6-2-1-3-7-16/h1-15H,24H2,(H,28,29,30)/b11-10+,27-26?. The van der Waals surface area contributed by atoms with Crippen molar-refractivity contribution in [3.05, 3.63) is 90.3 Å². The molecule has 0 saturated heterocycles. The van der Waals surface area contributed by atoms with E-state index in [4.69, 9.17) is 5.73 Å². The Morgan fingerprint density at radius 3 is 2.26 bits per heavy atom. The van der Waals surface area contributed by atoms with Gasteiger partial charge in [-0.1, -0.05) is 60.7 Å². The molecular weight excluding hydrogens is 412 g/mol. The van der Waals surface area contributed by atoms with E-state index in [1.54, 1.807) is 42.6 Å². The molecule has 3 N–H and O–H groups in total. The largest absolute Gasteiger partial charge is 0.396 e. The minimum Gasteiger partial charge on any atom is -0.396 e. The molecule has 1 heterocycles. The molecule has 0 unspecified atom stereocenters. The second-order valence-corrected chi connectivity index (χ2v) is 8.10. The summed E-state index contributed by atoms with van der Waals surface area (Å²) in [5, 5.41) is 8.98. The first-order valence-electron chi connectivity index (χ1n) is 9.31. The van der Waals surface area contributed by atoms with Gasteiger partial charge in [-0.15, -0.1) is 10.2 Å². The Morgan fingerprint density at radius 2 is 1.58 bits per heavy atom. The average Bonchev–Trinajstić information content (AvgIpc) is 2.78. The molecule has 31 heavy (non-hydrogen) atoms. The SMILES string of the molecule is Nc1c(N=Nc2ccc(/C=C/c3ccccc3)nc2)cc(S(=O)(=O)O)c2ccccc12. The van der Waals surface area contributed by atoms with Gasteiger partial charge in [-0.05, 0) is 29.8 Å². The first-order valence-corrected chi connectivity index (χ1v) is 10.8. The van der Waals surface area contributed by atoms with E-state index < -0.39 is 10.1 Å². The Labute approximate surface area is 179 Å². The van der Waals surface area contributed by atoms with Crippen molar-refractivity contribution in [2.24, 2.45) is 10.2 Å². The molecule has 0 aliphatic rings. The molecule has 0 bridgehead atoms. The third-order valence-electron chi connectivity index (χ3n) is 4.59. The van der Waals surface area contributed by atoms with E-state index in [-0.39, 0.29) is 16.3 Å². The lowest BCUT2D eigenvalue weighted by atomic mass is 10.1. The van der Waals surface area contributed by atoms with Crippen LogP contribution in [0, 0.1) is 0 Å². The lowest BCUT2D eigenvalue weighted by Crippen LogP contribution is -2.01. The lowest BCUT2D eigenvalue weighted by Gasteiger charge is -2.09. The number of rotatable bonds is 5. The average molecular weight is 430 g/mol. The quantitative estimate of drug-likeness (QED) is 0.241. The number of aromatic nitrogens is 1. The van der Waals surface area contributed by atoms with Gasteiger partial charge in [0.15, 0.2) is 0 Å². The maximum Gasteiger partial charge on any atom is 0.295 e. The summed E-state index contributed by atoms with van der Waals surface area (Å²) in [4.78, 5) is 4.06. The monoisotopic (exact) mass is 430 g/mol. The van der Waals surface area contributed by atoms with Gasteiger partial charge < -0.3 is 5.73 Å². The van der Waals surface area contributed by atoms with E-state index in [9.17, 15) is 13.0 Å². The third-order valence-corrected chi connectivity index (χ3v) is 5.49. The van der Waals surface area contributed by atoms with Gasteiger partial charge in [0.25, 0.3) is 10.1 Å². The molecule has 154 valence electrons. The molecule has 0 fully saturated rings. The van der Waals surface area contributed by atoms with Crippen molar-refractivity contribution in [3.8, 4) is 0 Å². The number of nitrogens with two attached hydrogens (primary N) is 1. The fourth-order valence-electron chi connectivity index (χ4n) is 3.06. The summed E-state index contributed by atoms with van der Waals surface area (Å²) in [7, 11) is -4.46. The number of hydrogen-bond acceptors (Lipinski definition) is 6. The van der Waals surface area contributed by atoms with Gasteiger partial charge in [0, 0.05) is 10.8 Å². The highest BCUT2D eigenvalue weighted by molar-refractivity contribution is 7.86. The summed E-state index contributed by atoms with van der Waals surface area (Å²) in [6.45, 7) is 0. The number of nitrogens with zero attached hydrogens (tertiary/aromatic N) is 3. The molecule has 0 aliphatic carbocycles. The van der Waals surface area contributed by atoms with Crippen LogP contribution in [0.4, 0.5) is 17.1 Å². The number of hydrogen-bond donors (Lipinski definition) is 2. The summed E-state index contributed by atoms with van der Waals surface area (Å²) in [6, 6.07) is 21.2. The minimum atomic E-state index is -4.46. The molecule has 7 nitrogen and oxygen atoms in total. The van der Waals surface area contributed by atoms with E-state index in [0.29, 0.717) is 16.5 Å². The number of azo groups is 1. The predicted octanol–water partition coefficient (Wildman–Crippen LogP) is 5.65. The van der Waals surface area contributed by atoms with Crippen molar-refractivity contribution in [2.75, 3.05) is 5.73 Å². The van der Waals surface area contributed by atoms with Crippen LogP contribution in [0.2, 0.25) is 0 Å². The lowest BCUT2D eigenvalue weighted by molar-refractivity contribution is 0.484. The molecule has 8 heteroatoms. The number of anilines is 1. The zero-order valence-electron chi connectivity index (χ0n) is 16.3. The van der Waals surface area contributed by atoms with Crippen molar-refractivity contribution in [2.45, 2.75) is 4.90 Å². The number of fused-ring (bicyclic) bond motifs is 1. The zero-order chi connectivity index (χ0) is 21.8. The van der Waals surface area contributed by atoms with Gasteiger partial charge in [-0.25, -0.2) is 0 Å².